The number of thiophene rings is 1. The molecular formula is C23H17N3O3S. The van der Waals surface area contributed by atoms with Crippen molar-refractivity contribution in [3.05, 3.63) is 87.7 Å². The second-order valence-corrected chi connectivity index (χ2v) is 8.24. The van der Waals surface area contributed by atoms with E-state index in [1.807, 2.05) is 64.9 Å². The molecule has 7 heteroatoms. The Morgan fingerprint density at radius 2 is 1.93 bits per heavy atom. The van der Waals surface area contributed by atoms with E-state index >= 15 is 0 Å². The zero-order chi connectivity index (χ0) is 20.1. The fraction of sp³-hybridized carbons (Fsp3) is 0.130. The van der Waals surface area contributed by atoms with Gasteiger partial charge in [-0.05, 0) is 29.1 Å². The van der Waals surface area contributed by atoms with Crippen LogP contribution < -0.4 is 9.47 Å². The molecule has 2 aliphatic rings. The summed E-state index contributed by atoms with van der Waals surface area (Å²) in [7, 11) is 0. The molecule has 2 aromatic carbocycles. The van der Waals surface area contributed by atoms with E-state index < -0.39 is 0 Å². The Morgan fingerprint density at radius 1 is 1.07 bits per heavy atom. The number of ether oxygens (including phenoxy) is 2. The normalized spacial score (nSPS) is 16.9. The summed E-state index contributed by atoms with van der Waals surface area (Å²) in [6.45, 7) is 0.699. The fourth-order valence-electron chi connectivity index (χ4n) is 4.15. The van der Waals surface area contributed by atoms with E-state index in [1.54, 1.807) is 11.3 Å². The average molecular weight is 415 g/mol. The van der Waals surface area contributed by atoms with Crippen LogP contribution in [-0.4, -0.2) is 27.8 Å². The molecular weight excluding hydrogens is 398 g/mol. The molecule has 6 nitrogen and oxygen atoms in total. The van der Waals surface area contributed by atoms with Gasteiger partial charge in [-0.25, -0.2) is 0 Å². The van der Waals surface area contributed by atoms with Gasteiger partial charge < -0.3 is 14.4 Å². The number of H-pyrrole nitrogens is 1. The van der Waals surface area contributed by atoms with Crippen LogP contribution in [0, 0.1) is 0 Å². The third-order valence-electron chi connectivity index (χ3n) is 5.51. The quantitative estimate of drug-likeness (QED) is 0.528. The standard InChI is InChI=1S/C23H17N3O3S/c27-23-21-19(20(24-25-21)15-5-2-1-3-6-15)22(18-7-4-10-30-18)26(23)12-14-8-9-16-17(11-14)29-13-28-16/h1-11,22H,12-13H2,(H,24,25). The molecule has 30 heavy (non-hydrogen) atoms. The van der Waals surface area contributed by atoms with E-state index in [4.69, 9.17) is 9.47 Å². The zero-order valence-electron chi connectivity index (χ0n) is 15.9. The highest BCUT2D eigenvalue weighted by molar-refractivity contribution is 7.10. The van der Waals surface area contributed by atoms with Crippen LogP contribution in [0.5, 0.6) is 11.5 Å². The molecule has 1 N–H and O–H groups in total. The third kappa shape index (κ3) is 2.63. The molecule has 0 saturated heterocycles. The summed E-state index contributed by atoms with van der Waals surface area (Å²) in [6, 6.07) is 19.7. The van der Waals surface area contributed by atoms with Crippen LogP contribution in [0.1, 0.15) is 32.5 Å². The van der Waals surface area contributed by atoms with Crippen LogP contribution in [0.25, 0.3) is 11.3 Å². The van der Waals surface area contributed by atoms with Crippen LogP contribution >= 0.6 is 11.3 Å². The van der Waals surface area contributed by atoms with Gasteiger partial charge in [0, 0.05) is 22.5 Å². The van der Waals surface area contributed by atoms with Crippen molar-refractivity contribution >= 4 is 17.2 Å². The lowest BCUT2D eigenvalue weighted by atomic mass is 10.0. The van der Waals surface area contributed by atoms with E-state index in [0.717, 1.165) is 38.8 Å². The molecule has 0 aliphatic carbocycles. The van der Waals surface area contributed by atoms with Gasteiger partial charge in [-0.1, -0.05) is 42.5 Å². The number of hydrogen-bond acceptors (Lipinski definition) is 5. The number of carbonyl (C=O) groups excluding carboxylic acids is 1. The van der Waals surface area contributed by atoms with Crippen LogP contribution in [0.2, 0.25) is 0 Å². The van der Waals surface area contributed by atoms with Crippen molar-refractivity contribution in [2.45, 2.75) is 12.6 Å². The molecule has 0 bridgehead atoms. The van der Waals surface area contributed by atoms with Crippen molar-refractivity contribution < 1.29 is 14.3 Å². The van der Waals surface area contributed by atoms with Crippen LogP contribution in [0.4, 0.5) is 0 Å². The predicted octanol–water partition coefficient (Wildman–Crippen LogP) is 4.61. The topological polar surface area (TPSA) is 67.5 Å². The largest absolute Gasteiger partial charge is 0.454 e. The highest BCUT2D eigenvalue weighted by Gasteiger charge is 2.42. The van der Waals surface area contributed by atoms with Gasteiger partial charge >= 0.3 is 0 Å². The lowest BCUT2D eigenvalue weighted by molar-refractivity contribution is 0.0732. The second-order valence-electron chi connectivity index (χ2n) is 7.27. The lowest BCUT2D eigenvalue weighted by Crippen LogP contribution is -2.28. The van der Waals surface area contributed by atoms with Gasteiger partial charge in [0.2, 0.25) is 6.79 Å². The van der Waals surface area contributed by atoms with Crippen molar-refractivity contribution in [3.63, 3.8) is 0 Å². The molecule has 1 atom stereocenters. The Balaban J connectivity index is 1.44. The van der Waals surface area contributed by atoms with Crippen LogP contribution in [0.3, 0.4) is 0 Å². The van der Waals surface area contributed by atoms with Gasteiger partial charge in [0.15, 0.2) is 11.5 Å². The first-order valence-electron chi connectivity index (χ1n) is 9.66. The molecule has 2 aliphatic heterocycles. The number of hydrogen-bond donors (Lipinski definition) is 1. The van der Waals surface area contributed by atoms with Gasteiger partial charge in [-0.15, -0.1) is 11.3 Å². The molecule has 4 heterocycles. The van der Waals surface area contributed by atoms with Crippen LogP contribution in [0.15, 0.2) is 66.0 Å². The molecule has 0 spiro atoms. The zero-order valence-corrected chi connectivity index (χ0v) is 16.7. The molecule has 6 rings (SSSR count). The summed E-state index contributed by atoms with van der Waals surface area (Å²) < 4.78 is 10.9. The Morgan fingerprint density at radius 3 is 2.77 bits per heavy atom. The maximum absolute atomic E-state index is 13.4. The van der Waals surface area contributed by atoms with Gasteiger partial charge in [0.1, 0.15) is 5.69 Å². The molecule has 148 valence electrons. The highest BCUT2D eigenvalue weighted by atomic mass is 32.1. The van der Waals surface area contributed by atoms with Crippen molar-refractivity contribution in [3.8, 4) is 22.8 Å². The minimum Gasteiger partial charge on any atom is -0.454 e. The molecule has 2 aromatic heterocycles. The minimum absolute atomic E-state index is 0.0456. The van der Waals surface area contributed by atoms with Gasteiger partial charge in [-0.2, -0.15) is 5.10 Å². The fourth-order valence-corrected chi connectivity index (χ4v) is 5.00. The number of nitrogens with one attached hydrogen (secondary N) is 1. The van der Waals surface area contributed by atoms with Crippen molar-refractivity contribution in [2.75, 3.05) is 6.79 Å². The maximum Gasteiger partial charge on any atom is 0.273 e. The number of benzene rings is 2. The Bertz CT molecular complexity index is 1230. The van der Waals surface area contributed by atoms with Crippen molar-refractivity contribution in [1.82, 2.24) is 15.1 Å². The Kier molecular flexibility index (Phi) is 3.89. The predicted molar refractivity (Wildman–Crippen MR) is 113 cm³/mol. The van der Waals surface area contributed by atoms with E-state index in [1.165, 1.54) is 0 Å². The van der Waals surface area contributed by atoms with E-state index in [9.17, 15) is 4.79 Å². The second kappa shape index (κ2) is 6.74. The molecule has 4 aromatic rings. The summed E-state index contributed by atoms with van der Waals surface area (Å²) in [5.41, 5.74) is 4.32. The first-order valence-corrected chi connectivity index (χ1v) is 10.5. The number of amides is 1. The minimum atomic E-state index is -0.188. The molecule has 1 amide bonds. The summed E-state index contributed by atoms with van der Waals surface area (Å²) in [4.78, 5) is 16.4. The SMILES string of the molecule is O=C1c2[nH]nc(-c3ccccc3)c2C(c2cccs2)N1Cc1ccc2c(c1)OCO2. The monoisotopic (exact) mass is 415 g/mol. The lowest BCUT2D eigenvalue weighted by Gasteiger charge is -2.25. The summed E-state index contributed by atoms with van der Waals surface area (Å²) >= 11 is 1.65. The molecule has 0 fully saturated rings. The highest BCUT2D eigenvalue weighted by Crippen LogP contribution is 2.45. The maximum atomic E-state index is 13.4. The summed E-state index contributed by atoms with van der Waals surface area (Å²) in [5.74, 6) is 1.41. The van der Waals surface area contributed by atoms with E-state index in [-0.39, 0.29) is 18.7 Å². The van der Waals surface area contributed by atoms with E-state index in [2.05, 4.69) is 16.3 Å². The summed E-state index contributed by atoms with van der Waals surface area (Å²) in [6.07, 6.45) is 0. The number of aromatic nitrogens is 2. The average Bonchev–Trinajstić information content (AvgIpc) is 3.55. The molecule has 0 saturated carbocycles. The molecule has 0 radical (unpaired) electrons. The van der Waals surface area contributed by atoms with Crippen molar-refractivity contribution in [1.29, 1.82) is 0 Å². The van der Waals surface area contributed by atoms with E-state index in [0.29, 0.717) is 12.2 Å². The van der Waals surface area contributed by atoms with Gasteiger partial charge in [-0.3, -0.25) is 9.89 Å². The Hall–Kier alpha value is -3.58. The first-order chi connectivity index (χ1) is 14.8. The number of rotatable bonds is 4. The number of nitrogens with zero attached hydrogens (tertiary/aromatic N) is 2. The number of aromatic amines is 1. The van der Waals surface area contributed by atoms with Gasteiger partial charge in [0.05, 0.1) is 11.7 Å². The third-order valence-corrected chi connectivity index (χ3v) is 6.44. The smallest absolute Gasteiger partial charge is 0.273 e. The Labute approximate surface area is 176 Å². The summed E-state index contributed by atoms with van der Waals surface area (Å²) in [5, 5.41) is 9.55. The first kappa shape index (κ1) is 17.3. The molecule has 1 unspecified atom stereocenters. The van der Waals surface area contributed by atoms with Crippen LogP contribution in [-0.2, 0) is 6.54 Å². The number of carbonyl (C=O) groups is 1. The van der Waals surface area contributed by atoms with Gasteiger partial charge in [0.25, 0.3) is 5.91 Å². The number of fused-ring (bicyclic) bond motifs is 2. The van der Waals surface area contributed by atoms with Crippen molar-refractivity contribution in [2.24, 2.45) is 0 Å².